The van der Waals surface area contributed by atoms with Crippen LogP contribution in [-0.2, 0) is 27.0 Å². The average Bonchev–Trinajstić information content (AvgIpc) is 3.09. The van der Waals surface area contributed by atoms with Crippen molar-refractivity contribution in [3.63, 3.8) is 0 Å². The number of rotatable bonds is 1. The number of carbonyl (C=O) groups excluding carboxylic acids is 1. The lowest BCUT2D eigenvalue weighted by molar-refractivity contribution is -0.164. The molecule has 1 amide bonds. The first-order valence-electron chi connectivity index (χ1n) is 14.9. The Kier molecular flexibility index (Phi) is 7.75. The molecular formula is C33H39ClN2O6. The van der Waals surface area contributed by atoms with Gasteiger partial charge in [0.15, 0.2) is 5.60 Å². The lowest BCUT2D eigenvalue weighted by Crippen LogP contribution is -2.49. The van der Waals surface area contributed by atoms with Gasteiger partial charge in [-0.2, -0.15) is 0 Å². The smallest absolute Gasteiger partial charge is 0.340 e. The van der Waals surface area contributed by atoms with E-state index in [-0.39, 0.29) is 29.4 Å². The highest BCUT2D eigenvalue weighted by Crippen LogP contribution is 2.47. The maximum atomic E-state index is 13.1. The van der Waals surface area contributed by atoms with Crippen LogP contribution in [0.15, 0.2) is 48.6 Å². The van der Waals surface area contributed by atoms with Gasteiger partial charge in [-0.1, -0.05) is 35.9 Å². The van der Waals surface area contributed by atoms with E-state index in [4.69, 9.17) is 16.3 Å². The van der Waals surface area contributed by atoms with Gasteiger partial charge in [-0.25, -0.2) is 4.79 Å². The summed E-state index contributed by atoms with van der Waals surface area (Å²) in [5, 5.41) is 33.5. The number of carboxylic acids is 1. The van der Waals surface area contributed by atoms with E-state index in [0.717, 1.165) is 32.1 Å². The molecule has 0 aromatic heterocycles. The maximum absolute atomic E-state index is 13.1. The second kappa shape index (κ2) is 11.2. The molecule has 5 atom stereocenters. The van der Waals surface area contributed by atoms with E-state index >= 15 is 0 Å². The second-order valence-corrected chi connectivity index (χ2v) is 13.1. The third kappa shape index (κ3) is 5.18. The van der Waals surface area contributed by atoms with Crippen LogP contribution in [0.25, 0.3) is 0 Å². The van der Waals surface area contributed by atoms with E-state index in [1.807, 2.05) is 18.2 Å². The number of aliphatic hydroxyl groups excluding tert-OH is 1. The van der Waals surface area contributed by atoms with Gasteiger partial charge in [-0.05, 0) is 91.3 Å². The zero-order valence-electron chi connectivity index (χ0n) is 24.0. The van der Waals surface area contributed by atoms with Crippen molar-refractivity contribution in [1.29, 1.82) is 0 Å². The molecule has 0 unspecified atom stereocenters. The first-order chi connectivity index (χ1) is 20.1. The molecule has 6 rings (SSSR count). The second-order valence-electron chi connectivity index (χ2n) is 12.7. The summed E-state index contributed by atoms with van der Waals surface area (Å²) in [6, 6.07) is 11.1. The Morgan fingerprint density at radius 2 is 1.98 bits per heavy atom. The van der Waals surface area contributed by atoms with Gasteiger partial charge in [0.05, 0.1) is 24.8 Å². The molecule has 0 saturated heterocycles. The summed E-state index contributed by atoms with van der Waals surface area (Å²) in [5.41, 5.74) is 0.594. The third-order valence-corrected chi connectivity index (χ3v) is 10.3. The van der Waals surface area contributed by atoms with Crippen LogP contribution in [0.1, 0.15) is 55.2 Å². The summed E-state index contributed by atoms with van der Waals surface area (Å²) in [7, 11) is 1.58. The van der Waals surface area contributed by atoms with E-state index in [1.54, 1.807) is 25.2 Å². The standard InChI is InChI=1S/C33H39ClN2O6/c1-35-14-3-2-6-28(37)25-10-7-22(25)18-36-19-32(13-4-5-21-15-24(34)9-11-26(21)32)20-42-29-12-8-23(16-27(29)36)33(41,31(39)40)17-30(35)38/h2-3,8-9,11-12,15-16,22,25,28,37,41H,4-7,10,13-14,17-20H2,1H3,(H,39,40)/b3-2+/t22-,25+,28-,32-,33-/m0/s1. The number of nitrogens with zero attached hydrogens (tertiary/aromatic N) is 2. The number of carboxylic acid groups (broad SMARTS) is 1. The fraction of sp³-hybridized carbons (Fsp3) is 0.515. The monoisotopic (exact) mass is 594 g/mol. The zero-order chi connectivity index (χ0) is 29.6. The molecule has 2 aliphatic carbocycles. The topological polar surface area (TPSA) is 111 Å². The van der Waals surface area contributed by atoms with Crippen LogP contribution in [0.4, 0.5) is 5.69 Å². The van der Waals surface area contributed by atoms with Crippen LogP contribution in [-0.4, -0.2) is 71.5 Å². The Morgan fingerprint density at radius 1 is 1.14 bits per heavy atom. The number of amides is 1. The Morgan fingerprint density at radius 3 is 2.74 bits per heavy atom. The van der Waals surface area contributed by atoms with Gasteiger partial charge < -0.3 is 29.9 Å². The molecule has 2 heterocycles. The van der Waals surface area contributed by atoms with Crippen molar-refractivity contribution in [2.24, 2.45) is 11.8 Å². The van der Waals surface area contributed by atoms with Crippen LogP contribution in [0.5, 0.6) is 5.75 Å². The Bertz CT molecular complexity index is 1410. The van der Waals surface area contributed by atoms with Crippen molar-refractivity contribution in [3.05, 3.63) is 70.3 Å². The number of hydrogen-bond donors (Lipinski definition) is 3. The third-order valence-electron chi connectivity index (χ3n) is 10.1. The molecule has 1 fully saturated rings. The number of fused-ring (bicyclic) bond motifs is 4. The van der Waals surface area contributed by atoms with Crippen molar-refractivity contribution >= 4 is 29.2 Å². The fourth-order valence-electron chi connectivity index (χ4n) is 7.38. The van der Waals surface area contributed by atoms with Gasteiger partial charge in [0.1, 0.15) is 5.75 Å². The van der Waals surface area contributed by atoms with E-state index in [2.05, 4.69) is 17.0 Å². The molecule has 3 N–H and O–H groups in total. The minimum atomic E-state index is -2.40. The molecule has 2 aromatic carbocycles. The summed E-state index contributed by atoms with van der Waals surface area (Å²) in [4.78, 5) is 29.3. The Balaban J connectivity index is 1.46. The van der Waals surface area contributed by atoms with Gasteiger partial charge >= 0.3 is 5.97 Å². The quantitative estimate of drug-likeness (QED) is 0.423. The van der Waals surface area contributed by atoms with Crippen molar-refractivity contribution < 1.29 is 29.6 Å². The number of halogens is 1. The highest BCUT2D eigenvalue weighted by Gasteiger charge is 2.46. The summed E-state index contributed by atoms with van der Waals surface area (Å²) in [6.45, 7) is 2.03. The van der Waals surface area contributed by atoms with Gasteiger partial charge in [0, 0.05) is 37.1 Å². The number of anilines is 1. The highest BCUT2D eigenvalue weighted by molar-refractivity contribution is 6.30. The molecule has 224 valence electrons. The number of carbonyl (C=O) groups is 2. The number of aliphatic hydroxyl groups is 2. The first-order valence-corrected chi connectivity index (χ1v) is 15.3. The minimum absolute atomic E-state index is 0.141. The summed E-state index contributed by atoms with van der Waals surface area (Å²) in [5.74, 6) is -0.950. The highest BCUT2D eigenvalue weighted by atomic mass is 35.5. The molecule has 1 saturated carbocycles. The van der Waals surface area contributed by atoms with Crippen molar-refractivity contribution in [2.45, 2.75) is 62.1 Å². The van der Waals surface area contributed by atoms with E-state index in [0.29, 0.717) is 42.6 Å². The van der Waals surface area contributed by atoms with E-state index < -0.39 is 30.0 Å². The maximum Gasteiger partial charge on any atom is 0.340 e. The molecule has 2 aliphatic heterocycles. The molecular weight excluding hydrogens is 556 g/mol. The summed E-state index contributed by atoms with van der Waals surface area (Å²) >= 11 is 6.38. The first kappa shape index (κ1) is 29.0. The van der Waals surface area contributed by atoms with Crippen LogP contribution < -0.4 is 9.64 Å². The van der Waals surface area contributed by atoms with Crippen molar-refractivity contribution in [3.8, 4) is 5.75 Å². The SMILES string of the molecule is CN1C/C=C/C[C@H](O)[C@@H]2CC[C@H]2CN2C[C@@]3(CCCc4cc(Cl)ccc43)COc3ccc(cc32)[C@](O)(C(=O)O)CC1=O. The average molecular weight is 595 g/mol. The van der Waals surface area contributed by atoms with Gasteiger partial charge in [0.2, 0.25) is 5.91 Å². The lowest BCUT2D eigenvalue weighted by Gasteiger charge is -2.45. The number of benzene rings is 2. The molecule has 4 aliphatic rings. The molecule has 9 heteroatoms. The molecule has 42 heavy (non-hydrogen) atoms. The van der Waals surface area contributed by atoms with Gasteiger partial charge in [-0.15, -0.1) is 0 Å². The van der Waals surface area contributed by atoms with Crippen molar-refractivity contribution in [1.82, 2.24) is 4.90 Å². The van der Waals surface area contributed by atoms with Gasteiger partial charge in [-0.3, -0.25) is 4.79 Å². The molecule has 0 radical (unpaired) electrons. The number of aryl methyl sites for hydroxylation is 1. The Hall–Kier alpha value is -3.07. The number of likely N-dealkylation sites (N-methyl/N-ethyl adjacent to an activating group) is 1. The number of ether oxygens (including phenoxy) is 1. The van der Waals surface area contributed by atoms with E-state index in [1.165, 1.54) is 16.0 Å². The normalized spacial score (nSPS) is 32.2. The Labute approximate surface area is 251 Å². The number of aliphatic carboxylic acids is 1. The van der Waals surface area contributed by atoms with Gasteiger partial charge in [0.25, 0.3) is 0 Å². The molecule has 8 nitrogen and oxygen atoms in total. The molecule has 1 spiro atoms. The fourth-order valence-corrected chi connectivity index (χ4v) is 7.58. The summed E-state index contributed by atoms with van der Waals surface area (Å²) < 4.78 is 6.52. The van der Waals surface area contributed by atoms with E-state index in [9.17, 15) is 24.9 Å². The van der Waals surface area contributed by atoms with Crippen LogP contribution >= 0.6 is 11.6 Å². The zero-order valence-corrected chi connectivity index (χ0v) is 24.7. The minimum Gasteiger partial charge on any atom is -0.490 e. The van der Waals surface area contributed by atoms with Crippen LogP contribution in [0, 0.1) is 11.8 Å². The van der Waals surface area contributed by atoms with Crippen LogP contribution in [0.2, 0.25) is 5.02 Å². The predicted molar refractivity (Wildman–Crippen MR) is 160 cm³/mol. The molecule has 2 bridgehead atoms. The number of hydrogen-bond acceptors (Lipinski definition) is 6. The summed E-state index contributed by atoms with van der Waals surface area (Å²) in [6.07, 6.45) is 7.93. The van der Waals surface area contributed by atoms with Crippen LogP contribution in [0.3, 0.4) is 0 Å². The largest absolute Gasteiger partial charge is 0.490 e. The predicted octanol–water partition coefficient (Wildman–Crippen LogP) is 4.28. The lowest BCUT2D eigenvalue weighted by atomic mass is 9.68. The molecule has 2 aromatic rings. The van der Waals surface area contributed by atoms with Crippen molar-refractivity contribution in [2.75, 3.05) is 38.2 Å².